The summed E-state index contributed by atoms with van der Waals surface area (Å²) in [5.74, 6) is -2.40. The summed E-state index contributed by atoms with van der Waals surface area (Å²) >= 11 is 0. The summed E-state index contributed by atoms with van der Waals surface area (Å²) in [4.78, 5) is 23.3. The van der Waals surface area contributed by atoms with E-state index in [-0.39, 0.29) is 11.3 Å². The standard InChI is InChI=1S/C8H14N2O2/c1-2-6(8(9)12)10-5-3-4-7(10)11/h6H,2-5H2,1H3,(H2,9,12)/i3D2,4D2,5D2. The monoisotopic (exact) mass is 176 g/mol. The van der Waals surface area contributed by atoms with Gasteiger partial charge in [0, 0.05) is 21.1 Å². The second-order valence-electron chi connectivity index (χ2n) is 2.36. The van der Waals surface area contributed by atoms with E-state index in [1.54, 1.807) is 0 Å². The minimum atomic E-state index is -3.07. The van der Waals surface area contributed by atoms with Gasteiger partial charge in [0.25, 0.3) is 0 Å². The molecule has 1 atom stereocenters. The van der Waals surface area contributed by atoms with Gasteiger partial charge in [0.15, 0.2) is 0 Å². The maximum absolute atomic E-state index is 11.8. The van der Waals surface area contributed by atoms with E-state index in [1.165, 1.54) is 6.92 Å². The molecule has 1 aliphatic heterocycles. The van der Waals surface area contributed by atoms with Gasteiger partial charge in [0.2, 0.25) is 11.8 Å². The van der Waals surface area contributed by atoms with Crippen LogP contribution in [0.4, 0.5) is 0 Å². The highest BCUT2D eigenvalue weighted by atomic mass is 16.2. The number of carbonyl (C=O) groups excluding carboxylic acids is 2. The number of hydrogen-bond acceptors (Lipinski definition) is 2. The van der Waals surface area contributed by atoms with E-state index in [9.17, 15) is 9.59 Å². The van der Waals surface area contributed by atoms with Crippen LogP contribution in [0.2, 0.25) is 0 Å². The highest BCUT2D eigenvalue weighted by Gasteiger charge is 2.29. The third-order valence-electron chi connectivity index (χ3n) is 1.59. The summed E-state index contributed by atoms with van der Waals surface area (Å²) < 4.78 is 44.9. The first-order chi connectivity index (χ1) is 7.92. The van der Waals surface area contributed by atoms with E-state index in [0.717, 1.165) is 0 Å². The van der Waals surface area contributed by atoms with Crippen LogP contribution < -0.4 is 5.73 Å². The van der Waals surface area contributed by atoms with Crippen molar-refractivity contribution in [1.82, 2.24) is 4.90 Å². The molecule has 0 radical (unpaired) electrons. The molecule has 1 aliphatic rings. The molecule has 2 N–H and O–H groups in total. The van der Waals surface area contributed by atoms with Gasteiger partial charge in [0.1, 0.15) is 6.04 Å². The number of likely N-dealkylation sites (tertiary alicyclic amines) is 1. The van der Waals surface area contributed by atoms with Crippen molar-refractivity contribution in [3.63, 3.8) is 0 Å². The molecule has 4 heteroatoms. The summed E-state index contributed by atoms with van der Waals surface area (Å²) in [6, 6.07) is -1.37. The Balaban J connectivity index is 3.39. The van der Waals surface area contributed by atoms with Gasteiger partial charge in [-0.1, -0.05) is 6.92 Å². The van der Waals surface area contributed by atoms with Crippen LogP contribution in [0.1, 0.15) is 34.3 Å². The van der Waals surface area contributed by atoms with E-state index in [1.807, 2.05) is 0 Å². The molecule has 0 aromatic heterocycles. The fourth-order valence-corrected chi connectivity index (χ4v) is 0.983. The van der Waals surface area contributed by atoms with Crippen molar-refractivity contribution in [2.75, 3.05) is 6.50 Å². The second-order valence-corrected chi connectivity index (χ2v) is 2.36. The first-order valence-corrected chi connectivity index (χ1v) is 3.56. The van der Waals surface area contributed by atoms with Gasteiger partial charge < -0.3 is 10.6 Å². The van der Waals surface area contributed by atoms with Gasteiger partial charge in [-0.05, 0) is 12.8 Å². The predicted octanol–water partition coefficient (Wildman–Crippen LogP) is -0.127. The molecule has 1 saturated heterocycles. The third-order valence-corrected chi connectivity index (χ3v) is 1.59. The zero-order valence-electron chi connectivity index (χ0n) is 12.6. The molecule has 12 heavy (non-hydrogen) atoms. The van der Waals surface area contributed by atoms with E-state index >= 15 is 0 Å². The topological polar surface area (TPSA) is 63.4 Å². The normalized spacial score (nSPS) is 39.8. The van der Waals surface area contributed by atoms with Crippen molar-refractivity contribution < 1.29 is 17.8 Å². The lowest BCUT2D eigenvalue weighted by atomic mass is 10.2. The molecule has 0 bridgehead atoms. The minimum absolute atomic E-state index is 0.0211. The fraction of sp³-hybridized carbons (Fsp3) is 0.750. The van der Waals surface area contributed by atoms with Crippen LogP contribution in [-0.2, 0) is 9.59 Å². The average molecular weight is 176 g/mol. The lowest BCUT2D eigenvalue weighted by Gasteiger charge is -2.23. The maximum atomic E-state index is 11.8. The van der Waals surface area contributed by atoms with Crippen molar-refractivity contribution in [2.24, 2.45) is 5.73 Å². The molecule has 0 spiro atoms. The number of rotatable bonds is 3. The van der Waals surface area contributed by atoms with Crippen molar-refractivity contribution in [2.45, 2.75) is 32.1 Å². The largest absolute Gasteiger partial charge is 0.368 e. The molecular weight excluding hydrogens is 156 g/mol. The van der Waals surface area contributed by atoms with Gasteiger partial charge in [-0.3, -0.25) is 9.59 Å². The van der Waals surface area contributed by atoms with Crippen LogP contribution in [0.3, 0.4) is 0 Å². The molecule has 4 nitrogen and oxygen atoms in total. The highest BCUT2D eigenvalue weighted by Crippen LogP contribution is 2.15. The summed E-state index contributed by atoms with van der Waals surface area (Å²) in [6.07, 6.45) is -6.13. The quantitative estimate of drug-likeness (QED) is 0.651. The summed E-state index contributed by atoms with van der Waals surface area (Å²) in [5, 5.41) is 0. The molecule has 1 heterocycles. The van der Waals surface area contributed by atoms with Crippen LogP contribution in [0.15, 0.2) is 0 Å². The van der Waals surface area contributed by atoms with Gasteiger partial charge in [-0.25, -0.2) is 0 Å². The first-order valence-electron chi connectivity index (χ1n) is 6.56. The van der Waals surface area contributed by atoms with Crippen LogP contribution in [0.25, 0.3) is 0 Å². The van der Waals surface area contributed by atoms with Gasteiger partial charge in [-0.2, -0.15) is 0 Å². The van der Waals surface area contributed by atoms with Crippen molar-refractivity contribution in [1.29, 1.82) is 0 Å². The second kappa shape index (κ2) is 3.56. The highest BCUT2D eigenvalue weighted by molar-refractivity contribution is 5.87. The number of primary amides is 1. The molecule has 0 aromatic rings. The number of nitrogens with zero attached hydrogens (tertiary/aromatic N) is 1. The Morgan fingerprint density at radius 2 is 2.58 bits per heavy atom. The first kappa shape index (κ1) is 3.77. The molecular formula is C8H14N2O2. The Morgan fingerprint density at radius 1 is 1.92 bits per heavy atom. The van der Waals surface area contributed by atoms with E-state index in [0.29, 0.717) is 0 Å². The van der Waals surface area contributed by atoms with E-state index in [4.69, 9.17) is 14.0 Å². The number of amides is 2. The fourth-order valence-electron chi connectivity index (χ4n) is 0.983. The molecule has 0 aliphatic carbocycles. The van der Waals surface area contributed by atoms with Gasteiger partial charge in [0.05, 0.1) is 0 Å². The average Bonchev–Trinajstić information content (AvgIpc) is 2.29. The van der Waals surface area contributed by atoms with Crippen molar-refractivity contribution >= 4 is 11.8 Å². The smallest absolute Gasteiger partial charge is 0.240 e. The maximum Gasteiger partial charge on any atom is 0.240 e. The van der Waals surface area contributed by atoms with E-state index < -0.39 is 37.1 Å². The lowest BCUT2D eigenvalue weighted by molar-refractivity contribution is -0.136. The number of nitrogens with two attached hydrogens (primary N) is 1. The predicted molar refractivity (Wildman–Crippen MR) is 44.2 cm³/mol. The minimum Gasteiger partial charge on any atom is -0.368 e. The third kappa shape index (κ3) is 1.57. The Hall–Kier alpha value is -1.06. The van der Waals surface area contributed by atoms with Crippen molar-refractivity contribution in [3.05, 3.63) is 0 Å². The summed E-state index contributed by atoms with van der Waals surface area (Å²) in [6.45, 7) is -1.47. The molecule has 0 saturated carbocycles. The van der Waals surface area contributed by atoms with Crippen LogP contribution in [-0.4, -0.2) is 29.3 Å². The SMILES string of the molecule is [2H]C1([2H])C(=O)N(C(CC)C(N)=O)C([2H])([2H])C1([2H])[2H]. The Kier molecular flexibility index (Phi) is 1.12. The molecule has 2 amide bonds. The molecule has 68 valence electrons. The number of hydrogen-bond donors (Lipinski definition) is 1. The molecule has 1 unspecified atom stereocenters. The van der Waals surface area contributed by atoms with Crippen LogP contribution >= 0.6 is 0 Å². The van der Waals surface area contributed by atoms with Crippen LogP contribution in [0.5, 0.6) is 0 Å². The zero-order chi connectivity index (χ0) is 14.5. The molecule has 1 rings (SSSR count). The van der Waals surface area contributed by atoms with Crippen molar-refractivity contribution in [3.8, 4) is 0 Å². The number of carbonyl (C=O) groups is 2. The van der Waals surface area contributed by atoms with Gasteiger partial charge in [-0.15, -0.1) is 0 Å². The Labute approximate surface area is 80.1 Å². The summed E-state index contributed by atoms with van der Waals surface area (Å²) in [5.41, 5.74) is 5.04. The molecule has 1 fully saturated rings. The lowest BCUT2D eigenvalue weighted by Crippen LogP contribution is -2.44. The Morgan fingerprint density at radius 3 is 2.92 bits per heavy atom. The van der Waals surface area contributed by atoms with Gasteiger partial charge >= 0.3 is 0 Å². The molecule has 0 aromatic carbocycles. The Bertz CT molecular complexity index is 397. The zero-order valence-corrected chi connectivity index (χ0v) is 6.63. The van der Waals surface area contributed by atoms with Crippen LogP contribution in [0, 0.1) is 0 Å². The summed E-state index contributed by atoms with van der Waals surface area (Å²) in [7, 11) is 0. The van der Waals surface area contributed by atoms with E-state index in [2.05, 4.69) is 0 Å².